The van der Waals surface area contributed by atoms with Crippen molar-refractivity contribution in [1.82, 2.24) is 9.97 Å². The molecule has 136 valence electrons. The SMILES string of the molecule is CCc1ccc2nc(Nc3cccc(NC4CCC(O)CC4)n3)sc2c1. The molecular weight excluding hydrogens is 344 g/mol. The third-order valence-electron chi connectivity index (χ3n) is 4.89. The highest BCUT2D eigenvalue weighted by atomic mass is 32.1. The smallest absolute Gasteiger partial charge is 0.189 e. The van der Waals surface area contributed by atoms with Gasteiger partial charge in [0.2, 0.25) is 0 Å². The van der Waals surface area contributed by atoms with E-state index in [9.17, 15) is 5.11 Å². The molecule has 4 rings (SSSR count). The van der Waals surface area contributed by atoms with Crippen LogP contribution in [0, 0.1) is 0 Å². The lowest BCUT2D eigenvalue weighted by Gasteiger charge is -2.26. The van der Waals surface area contributed by atoms with Crippen LogP contribution in [0.1, 0.15) is 38.2 Å². The van der Waals surface area contributed by atoms with E-state index in [0.29, 0.717) is 6.04 Å². The fraction of sp³-hybridized carbons (Fsp3) is 0.400. The first-order valence-corrected chi connectivity index (χ1v) is 10.1. The molecule has 0 atom stereocenters. The fourth-order valence-electron chi connectivity index (χ4n) is 3.37. The van der Waals surface area contributed by atoms with Gasteiger partial charge >= 0.3 is 0 Å². The van der Waals surface area contributed by atoms with Gasteiger partial charge in [-0.05, 0) is 61.9 Å². The van der Waals surface area contributed by atoms with Crippen molar-refractivity contribution in [3.63, 3.8) is 0 Å². The third kappa shape index (κ3) is 3.97. The van der Waals surface area contributed by atoms with Gasteiger partial charge in [0.05, 0.1) is 16.3 Å². The van der Waals surface area contributed by atoms with Crippen molar-refractivity contribution in [1.29, 1.82) is 0 Å². The number of anilines is 3. The summed E-state index contributed by atoms with van der Waals surface area (Å²) in [6.45, 7) is 2.16. The molecule has 0 radical (unpaired) electrons. The number of nitrogens with zero attached hydrogens (tertiary/aromatic N) is 2. The molecule has 3 N–H and O–H groups in total. The van der Waals surface area contributed by atoms with Gasteiger partial charge in [0.25, 0.3) is 0 Å². The molecule has 1 aliphatic carbocycles. The third-order valence-corrected chi connectivity index (χ3v) is 5.83. The number of hydrogen-bond acceptors (Lipinski definition) is 6. The topological polar surface area (TPSA) is 70.1 Å². The quantitative estimate of drug-likeness (QED) is 0.608. The fourth-order valence-corrected chi connectivity index (χ4v) is 4.30. The van der Waals surface area contributed by atoms with Gasteiger partial charge in [-0.1, -0.05) is 30.4 Å². The number of benzene rings is 1. The molecule has 5 nitrogen and oxygen atoms in total. The van der Waals surface area contributed by atoms with Crippen molar-refractivity contribution in [2.75, 3.05) is 10.6 Å². The number of rotatable bonds is 5. The molecule has 0 spiro atoms. The summed E-state index contributed by atoms with van der Waals surface area (Å²) >= 11 is 1.65. The normalized spacial score (nSPS) is 20.2. The van der Waals surface area contributed by atoms with Crippen LogP contribution in [-0.2, 0) is 6.42 Å². The molecule has 0 unspecified atom stereocenters. The molecule has 6 heteroatoms. The lowest BCUT2D eigenvalue weighted by Crippen LogP contribution is -2.28. The molecule has 0 saturated heterocycles. The van der Waals surface area contributed by atoms with Crippen LogP contribution in [0.4, 0.5) is 16.8 Å². The highest BCUT2D eigenvalue weighted by molar-refractivity contribution is 7.22. The number of aryl methyl sites for hydroxylation is 1. The molecular formula is C20H24N4OS. The Labute approximate surface area is 157 Å². The number of aliphatic hydroxyl groups is 1. The van der Waals surface area contributed by atoms with E-state index in [-0.39, 0.29) is 6.10 Å². The molecule has 1 aromatic carbocycles. The van der Waals surface area contributed by atoms with Crippen molar-refractivity contribution in [3.8, 4) is 0 Å². The molecule has 26 heavy (non-hydrogen) atoms. The zero-order chi connectivity index (χ0) is 17.9. The number of aliphatic hydroxyl groups excluding tert-OH is 1. The van der Waals surface area contributed by atoms with Crippen LogP contribution in [0.25, 0.3) is 10.2 Å². The zero-order valence-electron chi connectivity index (χ0n) is 14.9. The molecule has 3 aromatic rings. The summed E-state index contributed by atoms with van der Waals surface area (Å²) in [6, 6.07) is 12.8. The number of aromatic nitrogens is 2. The van der Waals surface area contributed by atoms with Gasteiger partial charge in [0, 0.05) is 6.04 Å². The van der Waals surface area contributed by atoms with Gasteiger partial charge in [-0.15, -0.1) is 0 Å². The van der Waals surface area contributed by atoms with E-state index in [1.54, 1.807) is 11.3 Å². The summed E-state index contributed by atoms with van der Waals surface area (Å²) in [4.78, 5) is 9.32. The maximum Gasteiger partial charge on any atom is 0.189 e. The summed E-state index contributed by atoms with van der Waals surface area (Å²) in [5.74, 6) is 1.66. The molecule has 0 bridgehead atoms. The Bertz CT molecular complexity index is 886. The Balaban J connectivity index is 1.46. The van der Waals surface area contributed by atoms with E-state index in [1.165, 1.54) is 10.3 Å². The van der Waals surface area contributed by atoms with Crippen molar-refractivity contribution in [3.05, 3.63) is 42.0 Å². The number of fused-ring (bicyclic) bond motifs is 1. The van der Waals surface area contributed by atoms with E-state index in [4.69, 9.17) is 0 Å². The highest BCUT2D eigenvalue weighted by Gasteiger charge is 2.19. The van der Waals surface area contributed by atoms with Crippen LogP contribution in [0.5, 0.6) is 0 Å². The van der Waals surface area contributed by atoms with Crippen molar-refractivity contribution in [2.45, 2.75) is 51.2 Å². The maximum absolute atomic E-state index is 9.63. The predicted octanol–water partition coefficient (Wildman–Crippen LogP) is 4.71. The molecule has 1 aliphatic rings. The first-order chi connectivity index (χ1) is 12.7. The van der Waals surface area contributed by atoms with Gasteiger partial charge in [-0.3, -0.25) is 0 Å². The molecule has 1 fully saturated rings. The minimum absolute atomic E-state index is 0.138. The second kappa shape index (κ2) is 7.60. The molecule has 2 aromatic heterocycles. The summed E-state index contributed by atoms with van der Waals surface area (Å²) in [6.07, 6.45) is 4.59. The summed E-state index contributed by atoms with van der Waals surface area (Å²) in [7, 11) is 0. The van der Waals surface area contributed by atoms with E-state index in [1.807, 2.05) is 18.2 Å². The first kappa shape index (κ1) is 17.2. The van der Waals surface area contributed by atoms with Crippen LogP contribution in [-0.4, -0.2) is 27.2 Å². The summed E-state index contributed by atoms with van der Waals surface area (Å²) < 4.78 is 1.20. The number of thiazole rings is 1. The van der Waals surface area contributed by atoms with Gasteiger partial charge in [0.1, 0.15) is 11.6 Å². The molecule has 0 aliphatic heterocycles. The second-order valence-corrected chi connectivity index (χ2v) is 7.89. The van der Waals surface area contributed by atoms with Crippen molar-refractivity contribution < 1.29 is 5.11 Å². The van der Waals surface area contributed by atoms with Crippen LogP contribution >= 0.6 is 11.3 Å². The van der Waals surface area contributed by atoms with E-state index in [0.717, 1.165) is 54.4 Å². The van der Waals surface area contributed by atoms with Gasteiger partial charge < -0.3 is 15.7 Å². The van der Waals surface area contributed by atoms with Crippen molar-refractivity contribution >= 4 is 38.3 Å². The molecule has 1 saturated carbocycles. The Morgan fingerprint density at radius 1 is 1.08 bits per heavy atom. The average molecular weight is 369 g/mol. The van der Waals surface area contributed by atoms with Crippen molar-refractivity contribution in [2.24, 2.45) is 0 Å². The number of nitrogens with one attached hydrogen (secondary N) is 2. The number of pyridine rings is 1. The molecule has 2 heterocycles. The Morgan fingerprint density at radius 3 is 2.69 bits per heavy atom. The lowest BCUT2D eigenvalue weighted by molar-refractivity contribution is 0.126. The predicted molar refractivity (Wildman–Crippen MR) is 108 cm³/mol. The summed E-state index contributed by atoms with van der Waals surface area (Å²) in [5, 5.41) is 17.3. The number of hydrogen-bond donors (Lipinski definition) is 3. The van der Waals surface area contributed by atoms with E-state index >= 15 is 0 Å². The maximum atomic E-state index is 9.63. The van der Waals surface area contributed by atoms with Gasteiger partial charge in [0.15, 0.2) is 5.13 Å². The summed E-state index contributed by atoms with van der Waals surface area (Å²) in [5.41, 5.74) is 2.35. The minimum Gasteiger partial charge on any atom is -0.393 e. The van der Waals surface area contributed by atoms with Crippen LogP contribution in [0.3, 0.4) is 0 Å². The van der Waals surface area contributed by atoms with Gasteiger partial charge in [-0.2, -0.15) is 0 Å². The molecule has 0 amide bonds. The van der Waals surface area contributed by atoms with Crippen LogP contribution < -0.4 is 10.6 Å². The average Bonchev–Trinajstić information content (AvgIpc) is 3.05. The van der Waals surface area contributed by atoms with Crippen LogP contribution in [0.15, 0.2) is 36.4 Å². The Morgan fingerprint density at radius 2 is 1.88 bits per heavy atom. The van der Waals surface area contributed by atoms with Gasteiger partial charge in [-0.25, -0.2) is 9.97 Å². The Kier molecular flexibility index (Phi) is 5.04. The lowest BCUT2D eigenvalue weighted by atomic mass is 9.93. The second-order valence-electron chi connectivity index (χ2n) is 6.86. The zero-order valence-corrected chi connectivity index (χ0v) is 15.7. The van der Waals surface area contributed by atoms with Crippen LogP contribution in [0.2, 0.25) is 0 Å². The highest BCUT2D eigenvalue weighted by Crippen LogP contribution is 2.29. The van der Waals surface area contributed by atoms with E-state index in [2.05, 4.69) is 45.7 Å². The first-order valence-electron chi connectivity index (χ1n) is 9.28. The monoisotopic (exact) mass is 368 g/mol. The largest absolute Gasteiger partial charge is 0.393 e. The minimum atomic E-state index is -0.138. The Hall–Kier alpha value is -2.18. The van der Waals surface area contributed by atoms with E-state index < -0.39 is 0 Å². The standard InChI is InChI=1S/C20H24N4OS/c1-2-13-6-11-16-17(12-13)26-20(22-16)24-19-5-3-4-18(23-19)21-14-7-9-15(25)10-8-14/h3-6,11-12,14-15,25H,2,7-10H2,1H3,(H2,21,22,23,24).